The van der Waals surface area contributed by atoms with Crippen LogP contribution < -0.4 is 16.0 Å². The summed E-state index contributed by atoms with van der Waals surface area (Å²) >= 11 is 4.01. The number of carbonyl (C=O) groups excluding carboxylic acids is 1. The molecule has 0 unspecified atom stereocenters. The van der Waals surface area contributed by atoms with Crippen LogP contribution in [0.15, 0.2) is 24.3 Å². The molecule has 0 heterocycles. The van der Waals surface area contributed by atoms with E-state index in [1.165, 1.54) is 0 Å². The van der Waals surface area contributed by atoms with E-state index < -0.39 is 0 Å². The molecule has 1 aromatic carbocycles. The van der Waals surface area contributed by atoms with Crippen LogP contribution in [0.3, 0.4) is 0 Å². The predicted octanol–water partition coefficient (Wildman–Crippen LogP) is 0.599. The molecule has 0 saturated carbocycles. The van der Waals surface area contributed by atoms with E-state index in [1.54, 1.807) is 24.3 Å². The Kier molecular flexibility index (Phi) is 4.28. The fraction of sp³-hybridized carbons (Fsp3) is 0.222. The largest absolute Gasteiger partial charge is 0.493 e. The summed E-state index contributed by atoms with van der Waals surface area (Å²) in [7, 11) is 0. The van der Waals surface area contributed by atoms with E-state index >= 15 is 0 Å². The molecule has 1 amide bonds. The van der Waals surface area contributed by atoms with Gasteiger partial charge in [-0.3, -0.25) is 10.2 Å². The summed E-state index contributed by atoms with van der Waals surface area (Å²) in [6.45, 7) is 0.547. The van der Waals surface area contributed by atoms with Gasteiger partial charge in [-0.2, -0.15) is 12.6 Å². The summed E-state index contributed by atoms with van der Waals surface area (Å²) < 4.78 is 5.28. The summed E-state index contributed by atoms with van der Waals surface area (Å²) in [6.07, 6.45) is 0. The lowest BCUT2D eigenvalue weighted by molar-refractivity contribution is 0.0953. The summed E-state index contributed by atoms with van der Waals surface area (Å²) in [4.78, 5) is 11.0. The Balaban J connectivity index is 2.63. The van der Waals surface area contributed by atoms with Crippen molar-refractivity contribution < 1.29 is 9.53 Å². The number of nitrogen functional groups attached to an aromatic ring is 1. The van der Waals surface area contributed by atoms with Crippen LogP contribution in [0.1, 0.15) is 10.4 Å². The number of rotatable bonds is 4. The maximum absolute atomic E-state index is 11.0. The molecule has 0 atom stereocenters. The van der Waals surface area contributed by atoms with Crippen molar-refractivity contribution in [3.8, 4) is 5.75 Å². The van der Waals surface area contributed by atoms with Gasteiger partial charge in [0.25, 0.3) is 5.91 Å². The minimum atomic E-state index is -0.314. The number of nitrogens with one attached hydrogen (secondary N) is 1. The van der Waals surface area contributed by atoms with E-state index in [2.05, 4.69) is 18.1 Å². The van der Waals surface area contributed by atoms with Crippen LogP contribution in [-0.2, 0) is 0 Å². The minimum Gasteiger partial charge on any atom is -0.493 e. The average molecular weight is 212 g/mol. The highest BCUT2D eigenvalue weighted by Gasteiger charge is 2.02. The molecular weight excluding hydrogens is 200 g/mol. The van der Waals surface area contributed by atoms with Crippen LogP contribution in [0.4, 0.5) is 0 Å². The molecule has 0 aliphatic rings. The smallest absolute Gasteiger partial charge is 0.265 e. The third-order valence-corrected chi connectivity index (χ3v) is 1.79. The van der Waals surface area contributed by atoms with E-state index in [4.69, 9.17) is 10.6 Å². The zero-order chi connectivity index (χ0) is 10.4. The zero-order valence-electron chi connectivity index (χ0n) is 7.56. The number of hydrogen-bond donors (Lipinski definition) is 3. The third-order valence-electron chi connectivity index (χ3n) is 1.61. The number of hydrazine groups is 1. The molecular formula is C9H12N2O2S. The molecule has 1 rings (SSSR count). The maximum atomic E-state index is 11.0. The zero-order valence-corrected chi connectivity index (χ0v) is 8.46. The molecule has 0 aliphatic heterocycles. The van der Waals surface area contributed by atoms with Gasteiger partial charge in [-0.05, 0) is 24.3 Å². The van der Waals surface area contributed by atoms with E-state index in [9.17, 15) is 4.79 Å². The molecule has 1 aromatic rings. The number of benzene rings is 1. The second-order valence-corrected chi connectivity index (χ2v) is 3.02. The topological polar surface area (TPSA) is 64.3 Å². The van der Waals surface area contributed by atoms with Gasteiger partial charge >= 0.3 is 0 Å². The first-order chi connectivity index (χ1) is 6.77. The molecule has 0 radical (unpaired) electrons. The quantitative estimate of drug-likeness (QED) is 0.296. The Bertz CT molecular complexity index is 300. The van der Waals surface area contributed by atoms with E-state index in [-0.39, 0.29) is 5.91 Å². The minimum absolute atomic E-state index is 0.314. The summed E-state index contributed by atoms with van der Waals surface area (Å²) in [5.41, 5.74) is 2.56. The lowest BCUT2D eigenvalue weighted by atomic mass is 10.2. The van der Waals surface area contributed by atoms with Crippen LogP contribution in [0.2, 0.25) is 0 Å². The monoisotopic (exact) mass is 212 g/mol. The molecule has 0 aliphatic carbocycles. The van der Waals surface area contributed by atoms with Gasteiger partial charge < -0.3 is 4.74 Å². The first kappa shape index (κ1) is 10.9. The Morgan fingerprint density at radius 1 is 1.43 bits per heavy atom. The van der Waals surface area contributed by atoms with E-state index in [0.29, 0.717) is 23.7 Å². The second-order valence-electron chi connectivity index (χ2n) is 2.57. The van der Waals surface area contributed by atoms with Gasteiger partial charge in [0.1, 0.15) is 5.75 Å². The van der Waals surface area contributed by atoms with Crippen molar-refractivity contribution in [2.45, 2.75) is 0 Å². The van der Waals surface area contributed by atoms with Gasteiger partial charge in [-0.25, -0.2) is 5.84 Å². The predicted molar refractivity (Wildman–Crippen MR) is 57.4 cm³/mol. The highest BCUT2D eigenvalue weighted by Crippen LogP contribution is 2.11. The van der Waals surface area contributed by atoms with Gasteiger partial charge in [0.05, 0.1) is 6.61 Å². The highest BCUT2D eigenvalue weighted by atomic mass is 32.1. The summed E-state index contributed by atoms with van der Waals surface area (Å²) in [6, 6.07) is 6.73. The Morgan fingerprint density at radius 3 is 2.57 bits per heavy atom. The molecule has 0 aromatic heterocycles. The number of ether oxygens (including phenoxy) is 1. The second kappa shape index (κ2) is 5.51. The number of carbonyl (C=O) groups is 1. The average Bonchev–Trinajstić information content (AvgIpc) is 2.26. The molecule has 76 valence electrons. The molecule has 0 saturated heterocycles. The lowest BCUT2D eigenvalue weighted by Gasteiger charge is -2.04. The Labute approximate surface area is 87.8 Å². The van der Waals surface area contributed by atoms with Gasteiger partial charge in [0.15, 0.2) is 0 Å². The lowest BCUT2D eigenvalue weighted by Crippen LogP contribution is -2.29. The van der Waals surface area contributed by atoms with Crippen LogP contribution in [0.25, 0.3) is 0 Å². The first-order valence-corrected chi connectivity index (χ1v) is 4.76. The van der Waals surface area contributed by atoms with Crippen molar-refractivity contribution in [3.63, 3.8) is 0 Å². The Morgan fingerprint density at radius 2 is 2.07 bits per heavy atom. The van der Waals surface area contributed by atoms with Crippen LogP contribution in [-0.4, -0.2) is 18.3 Å². The summed E-state index contributed by atoms with van der Waals surface area (Å²) in [5.74, 6) is 6.04. The van der Waals surface area contributed by atoms with E-state index in [1.807, 2.05) is 0 Å². The molecule has 4 nitrogen and oxygen atoms in total. The van der Waals surface area contributed by atoms with Crippen LogP contribution in [0.5, 0.6) is 5.75 Å². The van der Waals surface area contributed by atoms with Crippen molar-refractivity contribution in [2.24, 2.45) is 5.84 Å². The highest BCUT2D eigenvalue weighted by molar-refractivity contribution is 7.80. The number of amides is 1. The molecule has 0 fully saturated rings. The van der Waals surface area contributed by atoms with Crippen LogP contribution in [0, 0.1) is 0 Å². The summed E-state index contributed by atoms with van der Waals surface area (Å²) in [5, 5.41) is 0. The fourth-order valence-electron chi connectivity index (χ4n) is 0.949. The molecule has 0 bridgehead atoms. The number of hydrogen-bond acceptors (Lipinski definition) is 4. The molecule has 5 heteroatoms. The first-order valence-electron chi connectivity index (χ1n) is 4.12. The van der Waals surface area contributed by atoms with Crippen molar-refractivity contribution in [1.82, 2.24) is 5.43 Å². The van der Waals surface area contributed by atoms with E-state index in [0.717, 1.165) is 0 Å². The molecule has 14 heavy (non-hydrogen) atoms. The molecule has 3 N–H and O–H groups in total. The third kappa shape index (κ3) is 2.93. The SMILES string of the molecule is NNC(=O)c1ccc(OCCS)cc1. The van der Waals surface area contributed by atoms with Gasteiger partial charge in [-0.1, -0.05) is 0 Å². The maximum Gasteiger partial charge on any atom is 0.265 e. The van der Waals surface area contributed by atoms with Crippen molar-refractivity contribution >= 4 is 18.5 Å². The van der Waals surface area contributed by atoms with Gasteiger partial charge in [0.2, 0.25) is 0 Å². The van der Waals surface area contributed by atoms with Crippen molar-refractivity contribution in [2.75, 3.05) is 12.4 Å². The van der Waals surface area contributed by atoms with Gasteiger partial charge in [-0.15, -0.1) is 0 Å². The number of thiol groups is 1. The standard InChI is InChI=1S/C9H12N2O2S/c10-11-9(12)7-1-3-8(4-2-7)13-5-6-14/h1-4,14H,5-6,10H2,(H,11,12). The Hall–Kier alpha value is -1.20. The van der Waals surface area contributed by atoms with Gasteiger partial charge in [0, 0.05) is 11.3 Å². The molecule has 0 spiro atoms. The normalized spacial score (nSPS) is 9.57. The van der Waals surface area contributed by atoms with Crippen LogP contribution >= 0.6 is 12.6 Å². The fourth-order valence-corrected chi connectivity index (χ4v) is 1.04. The van der Waals surface area contributed by atoms with Crippen molar-refractivity contribution in [3.05, 3.63) is 29.8 Å². The van der Waals surface area contributed by atoms with Crippen molar-refractivity contribution in [1.29, 1.82) is 0 Å². The number of nitrogens with two attached hydrogens (primary N) is 1.